The molecule has 3 N–H and O–H groups in total. The van der Waals surface area contributed by atoms with Crippen molar-refractivity contribution in [2.24, 2.45) is 5.73 Å². The molecule has 2 aromatic heterocycles. The summed E-state index contributed by atoms with van der Waals surface area (Å²) in [6, 6.07) is 2.85. The van der Waals surface area contributed by atoms with Gasteiger partial charge in [-0.25, -0.2) is 18.4 Å². The minimum Gasteiger partial charge on any atom is -0.363 e. The highest BCUT2D eigenvalue weighted by Gasteiger charge is 2.16. The van der Waals surface area contributed by atoms with Gasteiger partial charge < -0.3 is 10.7 Å². The predicted octanol–water partition coefficient (Wildman–Crippen LogP) is 0.486. The molecule has 0 unspecified atom stereocenters. The Labute approximate surface area is 115 Å². The molecule has 106 valence electrons. The van der Waals surface area contributed by atoms with Crippen LogP contribution in [0.5, 0.6) is 0 Å². The second-order valence-electron chi connectivity index (χ2n) is 4.17. The van der Waals surface area contributed by atoms with E-state index in [2.05, 4.69) is 15.1 Å². The van der Waals surface area contributed by atoms with Crippen LogP contribution in [0, 0.1) is 11.6 Å². The van der Waals surface area contributed by atoms with Crippen LogP contribution in [0.15, 0.2) is 29.2 Å². The zero-order valence-electron chi connectivity index (χ0n) is 10.3. The molecule has 0 aliphatic carbocycles. The normalized spacial score (nSPS) is 11.0. The zero-order valence-corrected chi connectivity index (χ0v) is 10.3. The molecule has 3 rings (SSSR count). The van der Waals surface area contributed by atoms with Gasteiger partial charge in [-0.1, -0.05) is 0 Å². The average Bonchev–Trinajstić information content (AvgIpc) is 2.83. The van der Waals surface area contributed by atoms with Crippen LogP contribution >= 0.6 is 0 Å². The number of rotatable bonds is 2. The molecular weight excluding hydrogens is 284 g/mol. The molecule has 0 radical (unpaired) electrons. The fourth-order valence-corrected chi connectivity index (χ4v) is 1.86. The summed E-state index contributed by atoms with van der Waals surface area (Å²) in [5.74, 6) is -2.96. The third-order valence-corrected chi connectivity index (χ3v) is 2.81. The maximum absolute atomic E-state index is 13.8. The third kappa shape index (κ3) is 2.04. The number of carbonyl (C=O) groups is 1. The van der Waals surface area contributed by atoms with Crippen molar-refractivity contribution >= 4 is 16.9 Å². The van der Waals surface area contributed by atoms with Gasteiger partial charge in [0.05, 0.1) is 6.20 Å². The molecule has 0 saturated heterocycles. The highest BCUT2D eigenvalue weighted by Crippen LogP contribution is 2.17. The number of aromatic amines is 1. The first-order valence-electron chi connectivity index (χ1n) is 5.70. The number of primary amides is 1. The van der Waals surface area contributed by atoms with Gasteiger partial charge in [0.25, 0.3) is 11.5 Å². The van der Waals surface area contributed by atoms with Gasteiger partial charge in [0.2, 0.25) is 5.82 Å². The number of nitrogens with zero attached hydrogens (tertiary/aromatic N) is 3. The summed E-state index contributed by atoms with van der Waals surface area (Å²) in [7, 11) is 0. The van der Waals surface area contributed by atoms with E-state index in [1.807, 2.05) is 0 Å². The number of amides is 1. The van der Waals surface area contributed by atoms with Gasteiger partial charge in [-0.2, -0.15) is 5.10 Å². The van der Waals surface area contributed by atoms with Crippen molar-refractivity contribution in [1.29, 1.82) is 0 Å². The fraction of sp³-hybridized carbons (Fsp3) is 0. The molecule has 0 aliphatic heterocycles. The number of halogens is 2. The largest absolute Gasteiger partial charge is 0.363 e. The van der Waals surface area contributed by atoms with E-state index in [1.54, 1.807) is 0 Å². The van der Waals surface area contributed by atoms with Gasteiger partial charge in [-0.15, -0.1) is 0 Å². The zero-order chi connectivity index (χ0) is 15.1. The first-order valence-corrected chi connectivity index (χ1v) is 5.70. The van der Waals surface area contributed by atoms with Crippen LogP contribution in [0.25, 0.3) is 16.7 Å². The molecule has 2 heterocycles. The Bertz CT molecular complexity index is 931. The van der Waals surface area contributed by atoms with Crippen molar-refractivity contribution in [2.45, 2.75) is 0 Å². The standard InChI is InChI=1S/C12H7F2N5O2/c13-5-1-2-8(7(14)3-5)19-11-6(4-16-19)12(21)18-10(17-11)9(15)20/h1-4H,(H2,15,20)(H,17,18,21). The molecule has 0 spiro atoms. The summed E-state index contributed by atoms with van der Waals surface area (Å²) in [6.07, 6.45) is 1.16. The highest BCUT2D eigenvalue weighted by molar-refractivity contribution is 5.90. The van der Waals surface area contributed by atoms with E-state index in [9.17, 15) is 18.4 Å². The van der Waals surface area contributed by atoms with Crippen LogP contribution in [0.4, 0.5) is 8.78 Å². The maximum atomic E-state index is 13.8. The van der Waals surface area contributed by atoms with Gasteiger partial charge in [-0.3, -0.25) is 9.59 Å². The molecule has 9 heteroatoms. The number of H-pyrrole nitrogens is 1. The molecule has 21 heavy (non-hydrogen) atoms. The Balaban J connectivity index is 2.33. The van der Waals surface area contributed by atoms with Crippen molar-refractivity contribution in [2.75, 3.05) is 0 Å². The number of hydrogen-bond donors (Lipinski definition) is 2. The summed E-state index contributed by atoms with van der Waals surface area (Å²) in [5, 5.41) is 3.88. The van der Waals surface area contributed by atoms with Gasteiger partial charge >= 0.3 is 0 Å². The number of fused-ring (bicyclic) bond motifs is 1. The molecule has 1 aromatic carbocycles. The molecule has 0 fully saturated rings. The van der Waals surface area contributed by atoms with Crippen LogP contribution in [0.3, 0.4) is 0 Å². The van der Waals surface area contributed by atoms with Crippen LogP contribution in [0.1, 0.15) is 10.6 Å². The van der Waals surface area contributed by atoms with E-state index in [-0.39, 0.29) is 22.5 Å². The highest BCUT2D eigenvalue weighted by atomic mass is 19.1. The van der Waals surface area contributed by atoms with Gasteiger partial charge in [0, 0.05) is 6.07 Å². The Hall–Kier alpha value is -3.10. The smallest absolute Gasteiger partial charge is 0.284 e. The molecule has 0 aliphatic rings. The summed E-state index contributed by atoms with van der Waals surface area (Å²) < 4.78 is 27.7. The van der Waals surface area contributed by atoms with Crippen LogP contribution in [-0.4, -0.2) is 25.7 Å². The molecular formula is C12H7F2N5O2. The summed E-state index contributed by atoms with van der Waals surface area (Å²) in [5.41, 5.74) is 4.25. The van der Waals surface area contributed by atoms with Crippen molar-refractivity contribution in [1.82, 2.24) is 19.7 Å². The van der Waals surface area contributed by atoms with Crippen molar-refractivity contribution < 1.29 is 13.6 Å². The lowest BCUT2D eigenvalue weighted by Crippen LogP contribution is -2.21. The molecule has 0 bridgehead atoms. The number of aromatic nitrogens is 4. The van der Waals surface area contributed by atoms with E-state index in [4.69, 9.17) is 5.73 Å². The number of nitrogens with two attached hydrogens (primary N) is 1. The van der Waals surface area contributed by atoms with Crippen molar-refractivity contribution in [3.05, 3.63) is 52.2 Å². The van der Waals surface area contributed by atoms with Crippen LogP contribution in [-0.2, 0) is 0 Å². The average molecular weight is 291 g/mol. The molecule has 0 saturated carbocycles. The van der Waals surface area contributed by atoms with E-state index in [1.165, 1.54) is 0 Å². The van der Waals surface area contributed by atoms with E-state index in [0.717, 1.165) is 23.0 Å². The lowest BCUT2D eigenvalue weighted by molar-refractivity contribution is 0.0990. The lowest BCUT2D eigenvalue weighted by Gasteiger charge is -2.04. The number of nitrogens with one attached hydrogen (secondary N) is 1. The van der Waals surface area contributed by atoms with Crippen LogP contribution < -0.4 is 11.3 Å². The molecule has 0 atom stereocenters. The first kappa shape index (κ1) is 12.9. The first-order chi connectivity index (χ1) is 9.97. The number of benzene rings is 1. The minimum absolute atomic E-state index is 0.0451. The third-order valence-electron chi connectivity index (χ3n) is 2.81. The van der Waals surface area contributed by atoms with Crippen molar-refractivity contribution in [3.63, 3.8) is 0 Å². The summed E-state index contributed by atoms with van der Waals surface area (Å²) >= 11 is 0. The second kappa shape index (κ2) is 4.47. The summed E-state index contributed by atoms with van der Waals surface area (Å²) in [6.45, 7) is 0. The quantitative estimate of drug-likeness (QED) is 0.716. The minimum atomic E-state index is -0.943. The Kier molecular flexibility index (Phi) is 2.75. The van der Waals surface area contributed by atoms with Gasteiger partial charge in [-0.05, 0) is 12.1 Å². The topological polar surface area (TPSA) is 107 Å². The Morgan fingerprint density at radius 3 is 2.76 bits per heavy atom. The molecule has 1 amide bonds. The Morgan fingerprint density at radius 1 is 1.33 bits per heavy atom. The van der Waals surface area contributed by atoms with Crippen LogP contribution in [0.2, 0.25) is 0 Å². The van der Waals surface area contributed by atoms with Gasteiger partial charge in [0.15, 0.2) is 11.5 Å². The SMILES string of the molecule is NC(=O)c1nc2c(cnn2-c2ccc(F)cc2F)c(=O)[nH]1. The number of hydrogen-bond acceptors (Lipinski definition) is 4. The van der Waals surface area contributed by atoms with Gasteiger partial charge in [0.1, 0.15) is 16.9 Å². The predicted molar refractivity (Wildman–Crippen MR) is 67.9 cm³/mol. The molecule has 3 aromatic rings. The number of carbonyl (C=O) groups excluding carboxylic acids is 1. The molecule has 7 nitrogen and oxygen atoms in total. The second-order valence-corrected chi connectivity index (χ2v) is 4.17. The lowest BCUT2D eigenvalue weighted by atomic mass is 10.3. The monoisotopic (exact) mass is 291 g/mol. The van der Waals surface area contributed by atoms with E-state index < -0.39 is 23.1 Å². The van der Waals surface area contributed by atoms with Crippen molar-refractivity contribution in [3.8, 4) is 5.69 Å². The Morgan fingerprint density at radius 2 is 2.10 bits per heavy atom. The fourth-order valence-electron chi connectivity index (χ4n) is 1.86. The maximum Gasteiger partial charge on any atom is 0.284 e. The van der Waals surface area contributed by atoms with E-state index in [0.29, 0.717) is 6.07 Å². The van der Waals surface area contributed by atoms with E-state index >= 15 is 0 Å². The summed E-state index contributed by atoms with van der Waals surface area (Å²) in [4.78, 5) is 28.9.